The number of pyridine rings is 1. The van der Waals surface area contributed by atoms with Gasteiger partial charge in [-0.25, -0.2) is 4.98 Å². The van der Waals surface area contributed by atoms with Gasteiger partial charge in [-0.05, 0) is 35.9 Å². The summed E-state index contributed by atoms with van der Waals surface area (Å²) in [5, 5.41) is 31.6. The Morgan fingerprint density at radius 3 is 2.17 bits per heavy atom. The van der Waals surface area contributed by atoms with Crippen LogP contribution in [0, 0.1) is 0 Å². The molecule has 3 N–H and O–H groups in total. The molecule has 1 unspecified atom stereocenters. The molecule has 5 nitrogen and oxygen atoms in total. The molecule has 2 aromatic carbocycles. The van der Waals surface area contributed by atoms with E-state index in [0.29, 0.717) is 50.3 Å². The highest BCUT2D eigenvalue weighted by Crippen LogP contribution is 2.35. The fraction of sp³-hybridized carbons (Fsp3) is 0.286. The highest BCUT2D eigenvalue weighted by molar-refractivity contribution is 6.38. The van der Waals surface area contributed by atoms with Crippen molar-refractivity contribution in [2.24, 2.45) is 0 Å². The standard InChI is InChI=1S/C21H21Cl3N2O3/c22-14-3-1-13(2-4-14)19-11-16(20(29)12-26(5-7-27)6-8-28)17-9-15(23)10-18(24)21(17)25-19/h1-4,9-11,20,27-29H,5-8,12H2. The summed E-state index contributed by atoms with van der Waals surface area (Å²) in [4.78, 5) is 6.46. The number of nitrogens with zero attached hydrogens (tertiary/aromatic N) is 2. The molecule has 0 amide bonds. The molecule has 3 rings (SSSR count). The van der Waals surface area contributed by atoms with Gasteiger partial charge < -0.3 is 15.3 Å². The zero-order valence-electron chi connectivity index (χ0n) is 15.5. The molecule has 0 saturated carbocycles. The predicted octanol–water partition coefficient (Wildman–Crippen LogP) is 4.18. The van der Waals surface area contributed by atoms with Crippen LogP contribution in [0.2, 0.25) is 15.1 Å². The van der Waals surface area contributed by atoms with Crippen molar-refractivity contribution in [3.05, 3.63) is 63.1 Å². The van der Waals surface area contributed by atoms with E-state index in [1.807, 2.05) is 12.1 Å². The van der Waals surface area contributed by atoms with Crippen LogP contribution >= 0.6 is 34.8 Å². The van der Waals surface area contributed by atoms with Crippen molar-refractivity contribution in [3.63, 3.8) is 0 Å². The number of aromatic nitrogens is 1. The SMILES string of the molecule is OCCN(CCO)CC(O)c1cc(-c2ccc(Cl)cc2)nc2c(Cl)cc(Cl)cc12. The van der Waals surface area contributed by atoms with Gasteiger partial charge in [0.2, 0.25) is 0 Å². The molecule has 1 atom stereocenters. The zero-order valence-corrected chi connectivity index (χ0v) is 17.8. The third-order valence-corrected chi connectivity index (χ3v) is 5.38. The van der Waals surface area contributed by atoms with Gasteiger partial charge in [0.1, 0.15) is 0 Å². The number of aliphatic hydroxyl groups excluding tert-OH is 3. The molecule has 0 aliphatic heterocycles. The van der Waals surface area contributed by atoms with Crippen molar-refractivity contribution in [1.29, 1.82) is 0 Å². The number of halogens is 3. The van der Waals surface area contributed by atoms with Crippen molar-refractivity contribution >= 4 is 45.7 Å². The van der Waals surface area contributed by atoms with E-state index < -0.39 is 6.10 Å². The van der Waals surface area contributed by atoms with Crippen LogP contribution in [0.25, 0.3) is 22.2 Å². The Morgan fingerprint density at radius 1 is 0.897 bits per heavy atom. The first-order valence-electron chi connectivity index (χ1n) is 9.10. The molecule has 8 heteroatoms. The Morgan fingerprint density at radius 2 is 1.55 bits per heavy atom. The third kappa shape index (κ3) is 5.38. The third-order valence-electron chi connectivity index (χ3n) is 4.63. The van der Waals surface area contributed by atoms with E-state index in [0.717, 1.165) is 5.56 Å². The lowest BCUT2D eigenvalue weighted by molar-refractivity contribution is 0.0882. The summed E-state index contributed by atoms with van der Waals surface area (Å²) in [6.07, 6.45) is -0.904. The van der Waals surface area contributed by atoms with Gasteiger partial charge >= 0.3 is 0 Å². The maximum absolute atomic E-state index is 11.0. The molecule has 0 bridgehead atoms. The number of aliphatic hydroxyl groups is 3. The average molecular weight is 456 g/mol. The summed E-state index contributed by atoms with van der Waals surface area (Å²) in [6, 6.07) is 12.4. The minimum absolute atomic E-state index is 0.0719. The highest BCUT2D eigenvalue weighted by Gasteiger charge is 2.19. The van der Waals surface area contributed by atoms with Crippen LogP contribution in [-0.2, 0) is 0 Å². The topological polar surface area (TPSA) is 76.8 Å². The lowest BCUT2D eigenvalue weighted by Gasteiger charge is -2.24. The molecule has 154 valence electrons. The van der Waals surface area contributed by atoms with Crippen LogP contribution in [0.3, 0.4) is 0 Å². The molecule has 1 aromatic heterocycles. The molecular weight excluding hydrogens is 435 g/mol. The molecular formula is C21H21Cl3N2O3. The van der Waals surface area contributed by atoms with Gasteiger partial charge in [0.25, 0.3) is 0 Å². The van der Waals surface area contributed by atoms with E-state index in [4.69, 9.17) is 34.8 Å². The van der Waals surface area contributed by atoms with Crippen LogP contribution in [-0.4, -0.2) is 58.1 Å². The van der Waals surface area contributed by atoms with Crippen molar-refractivity contribution in [3.8, 4) is 11.3 Å². The lowest BCUT2D eigenvalue weighted by atomic mass is 9.99. The Bertz CT molecular complexity index is 977. The molecule has 0 radical (unpaired) electrons. The average Bonchev–Trinajstić information content (AvgIpc) is 2.68. The first kappa shape index (κ1) is 22.2. The van der Waals surface area contributed by atoms with Gasteiger partial charge in [0, 0.05) is 40.6 Å². The Labute approximate surface area is 184 Å². The largest absolute Gasteiger partial charge is 0.395 e. The van der Waals surface area contributed by atoms with Crippen LogP contribution < -0.4 is 0 Å². The van der Waals surface area contributed by atoms with Crippen molar-refractivity contribution in [2.45, 2.75) is 6.10 Å². The highest BCUT2D eigenvalue weighted by atomic mass is 35.5. The fourth-order valence-corrected chi connectivity index (χ4v) is 3.90. The van der Waals surface area contributed by atoms with E-state index >= 15 is 0 Å². The zero-order chi connectivity index (χ0) is 21.0. The molecule has 0 spiro atoms. The van der Waals surface area contributed by atoms with Gasteiger partial charge in [0.05, 0.1) is 35.6 Å². The first-order chi connectivity index (χ1) is 13.9. The summed E-state index contributed by atoms with van der Waals surface area (Å²) in [5.41, 5.74) is 2.63. The normalized spacial score (nSPS) is 12.7. The summed E-state index contributed by atoms with van der Waals surface area (Å²) in [5.74, 6) is 0. The molecule has 3 aromatic rings. The second-order valence-corrected chi connectivity index (χ2v) is 7.93. The molecule has 0 aliphatic rings. The van der Waals surface area contributed by atoms with Gasteiger partial charge in [-0.2, -0.15) is 0 Å². The van der Waals surface area contributed by atoms with Gasteiger partial charge in [-0.1, -0.05) is 46.9 Å². The van der Waals surface area contributed by atoms with Crippen LogP contribution in [0.5, 0.6) is 0 Å². The van der Waals surface area contributed by atoms with E-state index in [9.17, 15) is 15.3 Å². The van der Waals surface area contributed by atoms with Crippen molar-refractivity contribution in [2.75, 3.05) is 32.8 Å². The number of rotatable bonds is 8. The Hall–Kier alpha value is -1.44. The van der Waals surface area contributed by atoms with Crippen molar-refractivity contribution in [1.82, 2.24) is 9.88 Å². The van der Waals surface area contributed by atoms with Crippen LogP contribution in [0.15, 0.2) is 42.5 Å². The van der Waals surface area contributed by atoms with Gasteiger partial charge in [-0.15, -0.1) is 0 Å². The van der Waals surface area contributed by atoms with Gasteiger partial charge in [-0.3, -0.25) is 4.90 Å². The summed E-state index contributed by atoms with van der Waals surface area (Å²) in [6.45, 7) is 0.762. The quantitative estimate of drug-likeness (QED) is 0.475. The second kappa shape index (κ2) is 10.0. The van der Waals surface area contributed by atoms with Crippen LogP contribution in [0.1, 0.15) is 11.7 Å². The Balaban J connectivity index is 2.11. The maximum Gasteiger partial charge on any atom is 0.0924 e. The monoisotopic (exact) mass is 454 g/mol. The number of hydrogen-bond donors (Lipinski definition) is 3. The van der Waals surface area contributed by atoms with E-state index in [-0.39, 0.29) is 19.8 Å². The lowest BCUT2D eigenvalue weighted by Crippen LogP contribution is -2.33. The smallest absolute Gasteiger partial charge is 0.0924 e. The fourth-order valence-electron chi connectivity index (χ4n) is 3.24. The molecule has 29 heavy (non-hydrogen) atoms. The number of benzene rings is 2. The van der Waals surface area contributed by atoms with Crippen molar-refractivity contribution < 1.29 is 15.3 Å². The Kier molecular flexibility index (Phi) is 7.71. The van der Waals surface area contributed by atoms with Gasteiger partial charge in [0.15, 0.2) is 0 Å². The molecule has 0 fully saturated rings. The second-order valence-electron chi connectivity index (χ2n) is 6.65. The summed E-state index contributed by atoms with van der Waals surface area (Å²) in [7, 11) is 0. The maximum atomic E-state index is 11.0. The summed E-state index contributed by atoms with van der Waals surface area (Å²) < 4.78 is 0. The minimum Gasteiger partial charge on any atom is -0.395 e. The van der Waals surface area contributed by atoms with E-state index in [2.05, 4.69) is 4.98 Å². The summed E-state index contributed by atoms with van der Waals surface area (Å²) >= 11 is 18.6. The van der Waals surface area contributed by atoms with E-state index in [1.54, 1.807) is 35.2 Å². The number of hydrogen-bond acceptors (Lipinski definition) is 5. The molecule has 0 aliphatic carbocycles. The molecule has 1 heterocycles. The first-order valence-corrected chi connectivity index (χ1v) is 10.2. The number of fused-ring (bicyclic) bond motifs is 1. The molecule has 0 saturated heterocycles. The minimum atomic E-state index is -0.904. The van der Waals surface area contributed by atoms with Crippen LogP contribution in [0.4, 0.5) is 0 Å². The van der Waals surface area contributed by atoms with E-state index in [1.165, 1.54) is 0 Å². The predicted molar refractivity (Wildman–Crippen MR) is 118 cm³/mol.